The molecule has 0 aromatic rings. The van der Waals surface area contributed by atoms with Gasteiger partial charge in [-0.2, -0.15) is 0 Å². The van der Waals surface area contributed by atoms with Gasteiger partial charge in [-0.15, -0.1) is 13.2 Å². The van der Waals surface area contributed by atoms with E-state index >= 15 is 0 Å². The highest BCUT2D eigenvalue weighted by molar-refractivity contribution is 5.74. The van der Waals surface area contributed by atoms with E-state index in [0.29, 0.717) is 26.1 Å². The first kappa shape index (κ1) is 15.2. The van der Waals surface area contributed by atoms with Gasteiger partial charge in [-0.05, 0) is 6.42 Å². The summed E-state index contributed by atoms with van der Waals surface area (Å²) in [7, 11) is 0. The van der Waals surface area contributed by atoms with Gasteiger partial charge in [-0.25, -0.2) is 4.79 Å². The second-order valence-electron chi connectivity index (χ2n) is 3.74. The van der Waals surface area contributed by atoms with Crippen LogP contribution >= 0.6 is 0 Å². The fraction of sp³-hybridized carbons (Fsp3) is 0.500. The molecule has 0 aromatic carbocycles. The lowest BCUT2D eigenvalue weighted by molar-refractivity contribution is -0.141. The lowest BCUT2D eigenvalue weighted by Crippen LogP contribution is -2.41. The van der Waals surface area contributed by atoms with Crippen LogP contribution in [0, 0.1) is 5.92 Å². The standard InChI is InChI=1S/C12H20N2O3/c1-4-8-14(9-5-2)12(17)13-7-6-10(3)11(15)16/h4-5,10H,1-2,6-9H2,3H3,(H,13,17)(H,15,16). The van der Waals surface area contributed by atoms with Gasteiger partial charge in [0, 0.05) is 19.6 Å². The number of carbonyl (C=O) groups is 2. The van der Waals surface area contributed by atoms with Crippen LogP contribution in [0.1, 0.15) is 13.3 Å². The lowest BCUT2D eigenvalue weighted by Gasteiger charge is -2.20. The molecular weight excluding hydrogens is 220 g/mol. The summed E-state index contributed by atoms with van der Waals surface area (Å²) in [5, 5.41) is 11.3. The average molecular weight is 240 g/mol. The number of carboxylic acid groups (broad SMARTS) is 1. The van der Waals surface area contributed by atoms with Crippen LogP contribution in [0.5, 0.6) is 0 Å². The molecule has 2 amide bonds. The number of carboxylic acids is 1. The number of aliphatic carboxylic acids is 1. The third-order valence-electron chi connectivity index (χ3n) is 2.26. The highest BCUT2D eigenvalue weighted by Crippen LogP contribution is 2.00. The molecule has 0 heterocycles. The monoisotopic (exact) mass is 240 g/mol. The predicted octanol–water partition coefficient (Wildman–Crippen LogP) is 1.48. The number of carbonyl (C=O) groups excluding carboxylic acids is 1. The molecule has 0 bridgehead atoms. The van der Waals surface area contributed by atoms with Crippen LogP contribution in [0.15, 0.2) is 25.3 Å². The van der Waals surface area contributed by atoms with Gasteiger partial charge in [0.05, 0.1) is 5.92 Å². The Morgan fingerprint density at radius 1 is 1.35 bits per heavy atom. The van der Waals surface area contributed by atoms with Crippen LogP contribution in [0.25, 0.3) is 0 Å². The second-order valence-corrected chi connectivity index (χ2v) is 3.74. The van der Waals surface area contributed by atoms with Gasteiger partial charge in [-0.3, -0.25) is 4.79 Å². The predicted molar refractivity (Wildman–Crippen MR) is 66.8 cm³/mol. The summed E-state index contributed by atoms with van der Waals surface area (Å²) in [5.41, 5.74) is 0. The molecule has 17 heavy (non-hydrogen) atoms. The Morgan fingerprint density at radius 3 is 2.29 bits per heavy atom. The second kappa shape index (κ2) is 8.38. The van der Waals surface area contributed by atoms with Gasteiger partial charge in [0.15, 0.2) is 0 Å². The molecule has 96 valence electrons. The van der Waals surface area contributed by atoms with Crippen molar-refractivity contribution in [2.45, 2.75) is 13.3 Å². The van der Waals surface area contributed by atoms with E-state index < -0.39 is 11.9 Å². The van der Waals surface area contributed by atoms with Crippen LogP contribution in [-0.2, 0) is 4.79 Å². The Hall–Kier alpha value is -1.78. The minimum absolute atomic E-state index is 0.234. The zero-order valence-corrected chi connectivity index (χ0v) is 10.2. The Kier molecular flexibility index (Phi) is 7.50. The molecule has 5 nitrogen and oxygen atoms in total. The summed E-state index contributed by atoms with van der Waals surface area (Å²) in [6.07, 6.45) is 3.67. The number of amides is 2. The van der Waals surface area contributed by atoms with Crippen LogP contribution in [0.4, 0.5) is 4.79 Å². The van der Waals surface area contributed by atoms with Crippen molar-refractivity contribution in [1.82, 2.24) is 10.2 Å². The topological polar surface area (TPSA) is 69.6 Å². The van der Waals surface area contributed by atoms with E-state index in [4.69, 9.17) is 5.11 Å². The molecule has 0 aliphatic heterocycles. The van der Waals surface area contributed by atoms with E-state index in [1.165, 1.54) is 4.90 Å². The summed E-state index contributed by atoms with van der Waals surface area (Å²) in [6.45, 7) is 9.96. The third-order valence-corrected chi connectivity index (χ3v) is 2.26. The Balaban J connectivity index is 4.00. The molecule has 0 fully saturated rings. The number of hydrogen-bond acceptors (Lipinski definition) is 2. The smallest absolute Gasteiger partial charge is 0.317 e. The SMILES string of the molecule is C=CCN(CC=C)C(=O)NCCC(C)C(=O)O. The van der Waals surface area contributed by atoms with Crippen LogP contribution < -0.4 is 5.32 Å². The minimum atomic E-state index is -0.853. The maximum Gasteiger partial charge on any atom is 0.317 e. The first-order valence-electron chi connectivity index (χ1n) is 5.50. The minimum Gasteiger partial charge on any atom is -0.481 e. The highest BCUT2D eigenvalue weighted by atomic mass is 16.4. The molecule has 0 saturated heterocycles. The van der Waals surface area contributed by atoms with Gasteiger partial charge >= 0.3 is 12.0 Å². The normalized spacial score (nSPS) is 11.4. The van der Waals surface area contributed by atoms with Crippen molar-refractivity contribution in [2.75, 3.05) is 19.6 Å². The maximum atomic E-state index is 11.6. The Labute approximate surface area is 102 Å². The molecule has 0 rings (SSSR count). The highest BCUT2D eigenvalue weighted by Gasteiger charge is 2.13. The van der Waals surface area contributed by atoms with Gasteiger partial charge in [0.25, 0.3) is 0 Å². The first-order valence-corrected chi connectivity index (χ1v) is 5.50. The molecule has 5 heteroatoms. The molecule has 0 aliphatic carbocycles. The van der Waals surface area contributed by atoms with Crippen molar-refractivity contribution in [2.24, 2.45) is 5.92 Å². The number of nitrogens with zero attached hydrogens (tertiary/aromatic N) is 1. The fourth-order valence-electron chi connectivity index (χ4n) is 1.18. The largest absolute Gasteiger partial charge is 0.481 e. The lowest BCUT2D eigenvalue weighted by atomic mass is 10.1. The molecule has 2 N–H and O–H groups in total. The van der Waals surface area contributed by atoms with Crippen LogP contribution in [0.3, 0.4) is 0 Å². The number of rotatable bonds is 8. The maximum absolute atomic E-state index is 11.6. The zero-order chi connectivity index (χ0) is 13.3. The molecule has 0 radical (unpaired) electrons. The molecule has 1 unspecified atom stereocenters. The van der Waals surface area contributed by atoms with E-state index in [1.807, 2.05) is 0 Å². The Morgan fingerprint density at radius 2 is 1.88 bits per heavy atom. The van der Waals surface area contributed by atoms with Crippen LogP contribution in [-0.4, -0.2) is 41.6 Å². The molecule has 0 aromatic heterocycles. The quantitative estimate of drug-likeness (QED) is 0.631. The summed E-state index contributed by atoms with van der Waals surface area (Å²) in [5.74, 6) is -1.31. The summed E-state index contributed by atoms with van der Waals surface area (Å²) >= 11 is 0. The van der Waals surface area contributed by atoms with Crippen molar-refractivity contribution in [3.05, 3.63) is 25.3 Å². The van der Waals surface area contributed by atoms with E-state index in [1.54, 1.807) is 19.1 Å². The number of nitrogens with one attached hydrogen (secondary N) is 1. The molecule has 1 atom stereocenters. The van der Waals surface area contributed by atoms with Crippen LogP contribution in [0.2, 0.25) is 0 Å². The molecule has 0 spiro atoms. The zero-order valence-electron chi connectivity index (χ0n) is 10.2. The third kappa shape index (κ3) is 6.40. The van der Waals surface area contributed by atoms with Crippen molar-refractivity contribution in [3.63, 3.8) is 0 Å². The van der Waals surface area contributed by atoms with E-state index in [9.17, 15) is 9.59 Å². The summed E-state index contributed by atoms with van der Waals surface area (Å²) in [6, 6.07) is -0.234. The summed E-state index contributed by atoms with van der Waals surface area (Å²) < 4.78 is 0. The average Bonchev–Trinajstić information content (AvgIpc) is 2.28. The van der Waals surface area contributed by atoms with E-state index in [2.05, 4.69) is 18.5 Å². The first-order chi connectivity index (χ1) is 8.02. The number of hydrogen-bond donors (Lipinski definition) is 2. The van der Waals surface area contributed by atoms with Gasteiger partial charge < -0.3 is 15.3 Å². The van der Waals surface area contributed by atoms with Crippen molar-refractivity contribution >= 4 is 12.0 Å². The van der Waals surface area contributed by atoms with Gasteiger partial charge in [0.2, 0.25) is 0 Å². The van der Waals surface area contributed by atoms with Crippen molar-refractivity contribution in [1.29, 1.82) is 0 Å². The van der Waals surface area contributed by atoms with Crippen molar-refractivity contribution in [3.8, 4) is 0 Å². The van der Waals surface area contributed by atoms with Gasteiger partial charge in [-0.1, -0.05) is 19.1 Å². The molecule has 0 aliphatic rings. The van der Waals surface area contributed by atoms with Crippen molar-refractivity contribution < 1.29 is 14.7 Å². The van der Waals surface area contributed by atoms with Gasteiger partial charge in [0.1, 0.15) is 0 Å². The Bertz CT molecular complexity index is 279. The van der Waals surface area contributed by atoms with E-state index in [0.717, 1.165) is 0 Å². The number of urea groups is 1. The molecule has 0 saturated carbocycles. The fourth-order valence-corrected chi connectivity index (χ4v) is 1.18. The summed E-state index contributed by atoms with van der Waals surface area (Å²) in [4.78, 5) is 23.7. The van der Waals surface area contributed by atoms with E-state index in [-0.39, 0.29) is 6.03 Å². The molecular formula is C12H20N2O3.